The fraction of sp³-hybridized carbons (Fsp3) is 0.483. The van der Waals surface area contributed by atoms with Crippen LogP contribution in [0.2, 0.25) is 0 Å². The van der Waals surface area contributed by atoms with Crippen LogP contribution in [0.3, 0.4) is 0 Å². The summed E-state index contributed by atoms with van der Waals surface area (Å²) in [6.45, 7) is 5.58. The summed E-state index contributed by atoms with van der Waals surface area (Å²) >= 11 is 0. The molecule has 4 heterocycles. The van der Waals surface area contributed by atoms with Gasteiger partial charge in [-0.1, -0.05) is 18.2 Å². The molecule has 0 bridgehead atoms. The summed E-state index contributed by atoms with van der Waals surface area (Å²) < 4.78 is 1.81. The molecule has 37 heavy (non-hydrogen) atoms. The maximum Gasteiger partial charge on any atom is 0.304 e. The third-order valence-corrected chi connectivity index (χ3v) is 7.72. The molecular weight excluding hydrogens is 466 g/mol. The molecule has 5 rings (SSSR count). The van der Waals surface area contributed by atoms with Crippen LogP contribution in [0.4, 0.5) is 5.82 Å². The number of aliphatic hydroxyl groups excluding tert-OH is 1. The minimum atomic E-state index is -0.781. The van der Waals surface area contributed by atoms with Gasteiger partial charge in [-0.05, 0) is 86.9 Å². The minimum Gasteiger partial charge on any atom is -0.481 e. The molecule has 0 spiro atoms. The van der Waals surface area contributed by atoms with Gasteiger partial charge in [0.25, 0.3) is 0 Å². The first kappa shape index (κ1) is 25.4. The second-order valence-electron chi connectivity index (χ2n) is 10.5. The Hall–Kier alpha value is -3.23. The molecular formula is C29H37N5O3. The lowest BCUT2D eigenvalue weighted by atomic mass is 9.94. The van der Waals surface area contributed by atoms with Crippen LogP contribution in [0, 0.1) is 12.8 Å². The van der Waals surface area contributed by atoms with E-state index in [4.69, 9.17) is 4.98 Å². The summed E-state index contributed by atoms with van der Waals surface area (Å²) in [4.78, 5) is 19.0. The van der Waals surface area contributed by atoms with Crippen LogP contribution in [-0.4, -0.2) is 62.0 Å². The van der Waals surface area contributed by atoms with Crippen LogP contribution in [0.25, 0.3) is 5.69 Å². The number of anilines is 1. The number of pyridine rings is 1. The molecule has 3 N–H and O–H groups in total. The molecule has 0 saturated carbocycles. The van der Waals surface area contributed by atoms with Gasteiger partial charge in [0.2, 0.25) is 0 Å². The molecule has 2 aromatic heterocycles. The molecule has 2 aliphatic heterocycles. The Labute approximate surface area is 218 Å². The Morgan fingerprint density at radius 3 is 2.92 bits per heavy atom. The molecule has 1 saturated heterocycles. The van der Waals surface area contributed by atoms with Gasteiger partial charge < -0.3 is 20.4 Å². The van der Waals surface area contributed by atoms with Crippen molar-refractivity contribution < 1.29 is 15.0 Å². The molecule has 0 radical (unpaired) electrons. The van der Waals surface area contributed by atoms with Crippen molar-refractivity contribution in [3.05, 3.63) is 70.7 Å². The second kappa shape index (κ2) is 11.4. The van der Waals surface area contributed by atoms with E-state index in [1.807, 2.05) is 41.9 Å². The molecule has 1 aromatic carbocycles. The maximum absolute atomic E-state index is 11.8. The first-order valence-electron chi connectivity index (χ1n) is 13.4. The zero-order valence-electron chi connectivity index (χ0n) is 21.6. The van der Waals surface area contributed by atoms with E-state index in [9.17, 15) is 15.0 Å². The van der Waals surface area contributed by atoms with Gasteiger partial charge >= 0.3 is 5.97 Å². The highest BCUT2D eigenvalue weighted by Gasteiger charge is 2.27. The number of carboxylic acids is 1. The van der Waals surface area contributed by atoms with Gasteiger partial charge in [0.1, 0.15) is 5.82 Å². The summed E-state index contributed by atoms with van der Waals surface area (Å²) in [6.07, 6.45) is 5.60. The molecule has 8 heteroatoms. The molecule has 2 unspecified atom stereocenters. The lowest BCUT2D eigenvalue weighted by Gasteiger charge is -2.24. The predicted molar refractivity (Wildman–Crippen MR) is 143 cm³/mol. The van der Waals surface area contributed by atoms with Gasteiger partial charge in [-0.15, -0.1) is 0 Å². The number of nitrogens with zero attached hydrogens (tertiary/aromatic N) is 4. The standard InChI is InChI=1S/C29H37N5O3/c1-20-14-26(19-35)32-34(20)27-6-2-4-23(15-27)24(16-28(36)37)18-33-13-11-21(17-33)7-9-25-10-8-22-5-3-12-30-29(22)31-25/h2,4,6,8,10,14-15,21,24,35H,3,5,7,9,11-13,16-19H2,1H3,(H,30,31)(H,36,37). The highest BCUT2D eigenvalue weighted by Crippen LogP contribution is 2.29. The Morgan fingerprint density at radius 2 is 2.11 bits per heavy atom. The number of aryl methyl sites for hydroxylation is 3. The smallest absolute Gasteiger partial charge is 0.304 e. The highest BCUT2D eigenvalue weighted by atomic mass is 16.4. The van der Waals surface area contributed by atoms with Gasteiger partial charge in [-0.2, -0.15) is 5.10 Å². The third kappa shape index (κ3) is 6.19. The van der Waals surface area contributed by atoms with Crippen molar-refractivity contribution in [2.24, 2.45) is 5.92 Å². The summed E-state index contributed by atoms with van der Waals surface area (Å²) in [7, 11) is 0. The first-order valence-corrected chi connectivity index (χ1v) is 13.4. The number of carbonyl (C=O) groups is 1. The lowest BCUT2D eigenvalue weighted by molar-refractivity contribution is -0.137. The van der Waals surface area contributed by atoms with Crippen molar-refractivity contribution in [3.63, 3.8) is 0 Å². The van der Waals surface area contributed by atoms with E-state index in [2.05, 4.69) is 27.4 Å². The van der Waals surface area contributed by atoms with Crippen molar-refractivity contribution in [1.82, 2.24) is 19.7 Å². The van der Waals surface area contributed by atoms with Crippen LogP contribution in [0.1, 0.15) is 59.8 Å². The van der Waals surface area contributed by atoms with Crippen molar-refractivity contribution in [2.75, 3.05) is 31.5 Å². The number of carboxylic acid groups (broad SMARTS) is 1. The van der Waals surface area contributed by atoms with Gasteiger partial charge in [0.05, 0.1) is 24.4 Å². The van der Waals surface area contributed by atoms with E-state index in [1.54, 1.807) is 0 Å². The van der Waals surface area contributed by atoms with Crippen LogP contribution in [0.5, 0.6) is 0 Å². The average molecular weight is 504 g/mol. The number of nitrogens with one attached hydrogen (secondary N) is 1. The number of rotatable bonds is 10. The molecule has 196 valence electrons. The van der Waals surface area contributed by atoms with Crippen LogP contribution < -0.4 is 5.32 Å². The predicted octanol–water partition coefficient (Wildman–Crippen LogP) is 3.94. The molecule has 1 fully saturated rings. The molecule has 0 aliphatic carbocycles. The number of aromatic nitrogens is 3. The molecule has 0 amide bonds. The van der Waals surface area contributed by atoms with Gasteiger partial charge in [-0.3, -0.25) is 4.79 Å². The molecule has 2 aliphatic rings. The number of fused-ring (bicyclic) bond motifs is 1. The van der Waals surface area contributed by atoms with Gasteiger partial charge in [0, 0.05) is 36.9 Å². The summed E-state index contributed by atoms with van der Waals surface area (Å²) in [5.41, 5.74) is 5.93. The van der Waals surface area contributed by atoms with Crippen LogP contribution in [-0.2, 0) is 24.2 Å². The second-order valence-corrected chi connectivity index (χ2v) is 10.5. The number of benzene rings is 1. The summed E-state index contributed by atoms with van der Waals surface area (Å²) in [5.74, 6) is 0.786. The zero-order valence-corrected chi connectivity index (χ0v) is 21.6. The van der Waals surface area contributed by atoms with Crippen LogP contribution >= 0.6 is 0 Å². The molecule has 8 nitrogen and oxygen atoms in total. The van der Waals surface area contributed by atoms with E-state index < -0.39 is 5.97 Å². The molecule has 2 atom stereocenters. The SMILES string of the molecule is Cc1cc(CO)nn1-c1cccc(C(CC(=O)O)CN2CCC(CCc3ccc4c(n3)NCCC4)C2)c1. The van der Waals surface area contributed by atoms with E-state index in [0.29, 0.717) is 11.6 Å². The number of aliphatic hydroxyl groups is 1. The molecule has 3 aromatic rings. The fourth-order valence-corrected chi connectivity index (χ4v) is 5.77. The summed E-state index contributed by atoms with van der Waals surface area (Å²) in [6, 6.07) is 14.3. The number of hydrogen-bond donors (Lipinski definition) is 3. The highest BCUT2D eigenvalue weighted by molar-refractivity contribution is 5.68. The van der Waals surface area contributed by atoms with Crippen molar-refractivity contribution >= 4 is 11.8 Å². The fourth-order valence-electron chi connectivity index (χ4n) is 5.77. The topological polar surface area (TPSA) is 104 Å². The lowest BCUT2D eigenvalue weighted by Crippen LogP contribution is -2.28. The van der Waals surface area contributed by atoms with Crippen molar-refractivity contribution in [1.29, 1.82) is 0 Å². The Balaban J connectivity index is 1.22. The van der Waals surface area contributed by atoms with E-state index in [1.165, 1.54) is 12.0 Å². The van der Waals surface area contributed by atoms with Gasteiger partial charge in [0.15, 0.2) is 0 Å². The zero-order chi connectivity index (χ0) is 25.8. The summed E-state index contributed by atoms with van der Waals surface area (Å²) in [5, 5.41) is 27.0. The normalized spacial score (nSPS) is 18.4. The number of aliphatic carboxylic acids is 1. The van der Waals surface area contributed by atoms with Crippen molar-refractivity contribution in [3.8, 4) is 5.69 Å². The van der Waals surface area contributed by atoms with E-state index in [0.717, 1.165) is 80.3 Å². The maximum atomic E-state index is 11.8. The monoisotopic (exact) mass is 503 g/mol. The Bertz CT molecular complexity index is 1240. The minimum absolute atomic E-state index is 0.0939. The van der Waals surface area contributed by atoms with Gasteiger partial charge in [-0.25, -0.2) is 9.67 Å². The average Bonchev–Trinajstić information content (AvgIpc) is 3.52. The quantitative estimate of drug-likeness (QED) is 0.385. The van der Waals surface area contributed by atoms with Crippen molar-refractivity contribution in [2.45, 2.75) is 58.0 Å². The number of likely N-dealkylation sites (tertiary alicyclic amines) is 1. The Morgan fingerprint density at radius 1 is 1.22 bits per heavy atom. The Kier molecular flexibility index (Phi) is 7.86. The largest absolute Gasteiger partial charge is 0.481 e. The number of hydrogen-bond acceptors (Lipinski definition) is 6. The third-order valence-electron chi connectivity index (χ3n) is 7.72. The van der Waals surface area contributed by atoms with E-state index in [-0.39, 0.29) is 18.9 Å². The first-order chi connectivity index (χ1) is 18.0. The van der Waals surface area contributed by atoms with Crippen LogP contribution in [0.15, 0.2) is 42.5 Å². The van der Waals surface area contributed by atoms with E-state index >= 15 is 0 Å².